The molecule has 0 unspecified atom stereocenters. The fourth-order valence-corrected chi connectivity index (χ4v) is 2.44. The molecule has 0 aliphatic heterocycles. The van der Waals surface area contributed by atoms with Crippen molar-refractivity contribution in [3.05, 3.63) is 60.8 Å². The van der Waals surface area contributed by atoms with Crippen molar-refractivity contribution in [3.63, 3.8) is 0 Å². The molecule has 0 bridgehead atoms. The van der Waals surface area contributed by atoms with E-state index in [1.54, 1.807) is 4.57 Å². The van der Waals surface area contributed by atoms with Gasteiger partial charge in [-0.05, 0) is 39.1 Å². The Balaban J connectivity index is 2.28. The lowest BCUT2D eigenvalue weighted by molar-refractivity contribution is 0.589. The van der Waals surface area contributed by atoms with E-state index in [0.717, 1.165) is 5.56 Å². The SMILES string of the molecule is CC(C)(C)c1ccc(Cn2cnc(Cl)c(I)c2=O)cc1. The number of rotatable bonds is 2. The van der Waals surface area contributed by atoms with Crippen LogP contribution in [-0.4, -0.2) is 9.55 Å². The minimum absolute atomic E-state index is 0.106. The molecule has 0 spiro atoms. The van der Waals surface area contributed by atoms with Crippen molar-refractivity contribution in [1.29, 1.82) is 0 Å². The molecule has 2 aromatic rings. The lowest BCUT2D eigenvalue weighted by atomic mass is 9.87. The molecule has 0 fully saturated rings. The van der Waals surface area contributed by atoms with Crippen LogP contribution < -0.4 is 5.56 Å². The summed E-state index contributed by atoms with van der Waals surface area (Å²) >= 11 is 7.75. The lowest BCUT2D eigenvalue weighted by Crippen LogP contribution is -2.23. The minimum atomic E-state index is -0.106. The number of hydrogen-bond donors (Lipinski definition) is 0. The maximum absolute atomic E-state index is 12.1. The average molecular weight is 403 g/mol. The third-order valence-corrected chi connectivity index (χ3v) is 4.69. The summed E-state index contributed by atoms with van der Waals surface area (Å²) in [5.74, 6) is 0. The van der Waals surface area contributed by atoms with Crippen molar-refractivity contribution in [3.8, 4) is 0 Å². The first kappa shape index (κ1) is 15.5. The molecule has 0 aliphatic rings. The Bertz CT molecular complexity index is 672. The molecule has 20 heavy (non-hydrogen) atoms. The first-order chi connectivity index (χ1) is 9.29. The van der Waals surface area contributed by atoms with E-state index in [4.69, 9.17) is 11.6 Å². The highest BCUT2D eigenvalue weighted by atomic mass is 127. The van der Waals surface area contributed by atoms with Crippen LogP contribution in [0.25, 0.3) is 0 Å². The monoisotopic (exact) mass is 402 g/mol. The van der Waals surface area contributed by atoms with Crippen molar-refractivity contribution >= 4 is 34.2 Å². The molecule has 0 atom stereocenters. The summed E-state index contributed by atoms with van der Waals surface area (Å²) in [5.41, 5.74) is 2.37. The number of halogens is 2. The van der Waals surface area contributed by atoms with Gasteiger partial charge in [-0.2, -0.15) is 0 Å². The molecule has 0 N–H and O–H groups in total. The van der Waals surface area contributed by atoms with Gasteiger partial charge in [-0.1, -0.05) is 56.6 Å². The van der Waals surface area contributed by atoms with Gasteiger partial charge >= 0.3 is 0 Å². The molecule has 5 heteroatoms. The normalized spacial score (nSPS) is 11.7. The highest BCUT2D eigenvalue weighted by Gasteiger charge is 2.13. The second kappa shape index (κ2) is 5.85. The molecule has 0 radical (unpaired) electrons. The molecule has 1 heterocycles. The smallest absolute Gasteiger partial charge is 0.268 e. The van der Waals surface area contributed by atoms with Crippen LogP contribution in [0.3, 0.4) is 0 Å². The predicted molar refractivity (Wildman–Crippen MR) is 90.5 cm³/mol. The van der Waals surface area contributed by atoms with E-state index in [1.807, 2.05) is 22.6 Å². The van der Waals surface area contributed by atoms with Crippen LogP contribution in [-0.2, 0) is 12.0 Å². The maximum atomic E-state index is 12.1. The van der Waals surface area contributed by atoms with Crippen LogP contribution in [0.4, 0.5) is 0 Å². The van der Waals surface area contributed by atoms with E-state index in [1.165, 1.54) is 11.9 Å². The van der Waals surface area contributed by atoms with Crippen LogP contribution in [0, 0.1) is 3.57 Å². The Morgan fingerprint density at radius 3 is 2.40 bits per heavy atom. The Kier molecular flexibility index (Phi) is 4.54. The molecule has 1 aromatic carbocycles. The Labute approximate surface area is 137 Å². The molecule has 2 rings (SSSR count). The third kappa shape index (κ3) is 3.41. The van der Waals surface area contributed by atoms with Crippen molar-refractivity contribution in [2.75, 3.05) is 0 Å². The molecule has 3 nitrogen and oxygen atoms in total. The first-order valence-electron chi connectivity index (χ1n) is 6.29. The predicted octanol–water partition coefficient (Wildman–Crippen LogP) is 3.85. The summed E-state index contributed by atoms with van der Waals surface area (Å²) in [5, 5.41) is 0.259. The van der Waals surface area contributed by atoms with Crippen molar-refractivity contribution < 1.29 is 0 Å². The van der Waals surface area contributed by atoms with Gasteiger partial charge < -0.3 is 0 Å². The molecular weight excluding hydrogens is 387 g/mol. The van der Waals surface area contributed by atoms with Crippen LogP contribution in [0.2, 0.25) is 5.15 Å². The Morgan fingerprint density at radius 1 is 1.25 bits per heavy atom. The van der Waals surface area contributed by atoms with E-state index >= 15 is 0 Å². The molecule has 0 saturated carbocycles. The third-order valence-electron chi connectivity index (χ3n) is 3.11. The lowest BCUT2D eigenvalue weighted by Gasteiger charge is -2.19. The number of hydrogen-bond acceptors (Lipinski definition) is 2. The maximum Gasteiger partial charge on any atom is 0.268 e. The van der Waals surface area contributed by atoms with Gasteiger partial charge in [-0.25, -0.2) is 4.98 Å². The molecule has 1 aromatic heterocycles. The van der Waals surface area contributed by atoms with E-state index < -0.39 is 0 Å². The van der Waals surface area contributed by atoms with Gasteiger partial charge in [-0.15, -0.1) is 0 Å². The number of benzene rings is 1. The number of aromatic nitrogens is 2. The summed E-state index contributed by atoms with van der Waals surface area (Å²) in [6, 6.07) is 8.31. The zero-order valence-corrected chi connectivity index (χ0v) is 14.6. The summed E-state index contributed by atoms with van der Waals surface area (Å²) in [4.78, 5) is 16.1. The highest BCUT2D eigenvalue weighted by Crippen LogP contribution is 2.22. The van der Waals surface area contributed by atoms with Crippen molar-refractivity contribution in [1.82, 2.24) is 9.55 Å². The van der Waals surface area contributed by atoms with E-state index in [9.17, 15) is 4.79 Å². The van der Waals surface area contributed by atoms with Crippen LogP contribution in [0.1, 0.15) is 31.9 Å². The topological polar surface area (TPSA) is 34.9 Å². The zero-order chi connectivity index (χ0) is 14.9. The van der Waals surface area contributed by atoms with Gasteiger partial charge in [0.2, 0.25) is 0 Å². The second-order valence-corrected chi connectivity index (χ2v) is 7.17. The van der Waals surface area contributed by atoms with Crippen LogP contribution >= 0.6 is 34.2 Å². The fraction of sp³-hybridized carbons (Fsp3) is 0.333. The largest absolute Gasteiger partial charge is 0.294 e. The quantitative estimate of drug-likeness (QED) is 0.565. The van der Waals surface area contributed by atoms with E-state index in [0.29, 0.717) is 10.1 Å². The summed E-state index contributed by atoms with van der Waals surface area (Å²) in [6.45, 7) is 7.04. The summed E-state index contributed by atoms with van der Waals surface area (Å²) < 4.78 is 2.03. The molecule has 0 aliphatic carbocycles. The molecular formula is C15H16ClIN2O. The molecule has 0 amide bonds. The van der Waals surface area contributed by atoms with Gasteiger partial charge in [0, 0.05) is 0 Å². The minimum Gasteiger partial charge on any atom is -0.294 e. The fourth-order valence-electron chi connectivity index (χ4n) is 1.86. The van der Waals surface area contributed by atoms with Gasteiger partial charge in [0.05, 0.1) is 12.9 Å². The van der Waals surface area contributed by atoms with Gasteiger partial charge in [-0.3, -0.25) is 9.36 Å². The Hall–Kier alpha value is -0.880. The van der Waals surface area contributed by atoms with E-state index in [-0.39, 0.29) is 16.1 Å². The number of nitrogens with zero attached hydrogens (tertiary/aromatic N) is 2. The van der Waals surface area contributed by atoms with Crippen LogP contribution in [0.15, 0.2) is 35.4 Å². The highest BCUT2D eigenvalue weighted by molar-refractivity contribution is 14.1. The molecule has 106 valence electrons. The first-order valence-corrected chi connectivity index (χ1v) is 7.74. The summed E-state index contributed by atoms with van der Waals surface area (Å²) in [6.07, 6.45) is 1.49. The van der Waals surface area contributed by atoms with Gasteiger partial charge in [0.25, 0.3) is 5.56 Å². The van der Waals surface area contributed by atoms with Gasteiger partial charge in [0.1, 0.15) is 8.72 Å². The van der Waals surface area contributed by atoms with Crippen LogP contribution in [0.5, 0.6) is 0 Å². The average Bonchev–Trinajstić information content (AvgIpc) is 2.39. The second-order valence-electron chi connectivity index (χ2n) is 5.73. The standard InChI is InChI=1S/C15H16ClIN2O/c1-15(2,3)11-6-4-10(5-7-11)8-19-9-18-13(16)12(17)14(19)20/h4-7,9H,8H2,1-3H3. The summed E-state index contributed by atoms with van der Waals surface area (Å²) in [7, 11) is 0. The van der Waals surface area contributed by atoms with Crippen molar-refractivity contribution in [2.45, 2.75) is 32.7 Å². The van der Waals surface area contributed by atoms with Gasteiger partial charge in [0.15, 0.2) is 0 Å². The zero-order valence-electron chi connectivity index (χ0n) is 11.7. The molecule has 0 saturated heterocycles. The van der Waals surface area contributed by atoms with E-state index in [2.05, 4.69) is 50.0 Å². The van der Waals surface area contributed by atoms with Crippen molar-refractivity contribution in [2.24, 2.45) is 0 Å². The Morgan fingerprint density at radius 2 is 1.85 bits per heavy atom.